The maximum atomic E-state index is 4.48. The normalized spacial score (nSPS) is 11.9. The minimum absolute atomic E-state index is 1.00. The van der Waals surface area contributed by atoms with Crippen LogP contribution < -0.4 is 0 Å². The number of benzene rings is 4. The minimum atomic E-state index is 1.00. The zero-order valence-electron chi connectivity index (χ0n) is 16.8. The Kier molecular flexibility index (Phi) is 3.30. The Hall–Kier alpha value is -4.17. The van der Waals surface area contributed by atoms with Gasteiger partial charge in [0, 0.05) is 33.3 Å². The van der Waals surface area contributed by atoms with E-state index < -0.39 is 0 Å². The van der Waals surface area contributed by atoms with Crippen LogP contribution in [0.2, 0.25) is 0 Å². The molecule has 0 fully saturated rings. The molecule has 3 aromatic heterocycles. The summed E-state index contributed by atoms with van der Waals surface area (Å²) in [4.78, 5) is 4.48. The van der Waals surface area contributed by atoms with Crippen LogP contribution in [-0.2, 0) is 0 Å². The molecule has 144 valence electrons. The van der Waals surface area contributed by atoms with Crippen LogP contribution >= 0.6 is 0 Å². The topological polar surface area (TPSA) is 17.3 Å². The Morgan fingerprint density at radius 3 is 1.68 bits per heavy atom. The molecule has 3 heterocycles. The van der Waals surface area contributed by atoms with Crippen molar-refractivity contribution in [1.29, 1.82) is 0 Å². The second kappa shape index (κ2) is 6.16. The summed E-state index contributed by atoms with van der Waals surface area (Å²) in [6.07, 6.45) is 1.84. The lowest BCUT2D eigenvalue weighted by Crippen LogP contribution is -1.83. The molecule has 0 N–H and O–H groups in total. The highest BCUT2D eigenvalue weighted by molar-refractivity contribution is 6.24. The summed E-state index contributed by atoms with van der Waals surface area (Å²) in [5.74, 6) is 0. The molecule has 0 aliphatic heterocycles. The van der Waals surface area contributed by atoms with E-state index in [2.05, 4.69) is 94.3 Å². The lowest BCUT2D eigenvalue weighted by atomic mass is 9.98. The molecule has 0 spiro atoms. The molecule has 7 aromatic rings. The fraction of sp³-hybridized carbons (Fsp3) is 0. The second-order valence-corrected chi connectivity index (χ2v) is 8.08. The Labute approximate surface area is 179 Å². The van der Waals surface area contributed by atoms with Crippen LogP contribution in [-0.4, -0.2) is 9.38 Å². The van der Waals surface area contributed by atoms with Crippen LogP contribution in [0.4, 0.5) is 0 Å². The predicted octanol–water partition coefficient (Wildman–Crippen LogP) is 7.57. The number of para-hydroxylation sites is 2. The van der Waals surface area contributed by atoms with Gasteiger partial charge in [-0.05, 0) is 47.5 Å². The van der Waals surface area contributed by atoms with Gasteiger partial charge in [-0.1, -0.05) is 66.7 Å². The van der Waals surface area contributed by atoms with Gasteiger partial charge in [-0.25, -0.2) is 0 Å². The Bertz CT molecular complexity index is 1620. The highest BCUT2D eigenvalue weighted by Gasteiger charge is 2.18. The number of nitrogens with zero attached hydrogens (tertiary/aromatic N) is 2. The minimum Gasteiger partial charge on any atom is -0.308 e. The first-order valence-electron chi connectivity index (χ1n) is 10.6. The molecule has 0 radical (unpaired) electrons. The van der Waals surface area contributed by atoms with Crippen LogP contribution in [0.25, 0.3) is 60.5 Å². The van der Waals surface area contributed by atoms with E-state index in [1.165, 1.54) is 49.2 Å². The molecule has 0 bridgehead atoms. The molecule has 0 aliphatic carbocycles. The number of aromatic nitrogens is 2. The van der Waals surface area contributed by atoms with Crippen LogP contribution in [0.15, 0.2) is 109 Å². The molecule has 2 nitrogen and oxygen atoms in total. The van der Waals surface area contributed by atoms with Crippen LogP contribution in [0.3, 0.4) is 0 Å². The molecule has 31 heavy (non-hydrogen) atoms. The smallest absolute Gasteiger partial charge is 0.0701 e. The number of hydrogen-bond acceptors (Lipinski definition) is 1. The van der Waals surface area contributed by atoms with Crippen LogP contribution in [0.5, 0.6) is 0 Å². The van der Waals surface area contributed by atoms with E-state index >= 15 is 0 Å². The Balaban J connectivity index is 1.52. The summed E-state index contributed by atoms with van der Waals surface area (Å²) < 4.78 is 2.42. The average Bonchev–Trinajstić information content (AvgIpc) is 3.36. The lowest BCUT2D eigenvalue weighted by Gasteiger charge is -2.06. The molecular weight excluding hydrogens is 376 g/mol. The van der Waals surface area contributed by atoms with Gasteiger partial charge in [-0.15, -0.1) is 0 Å². The van der Waals surface area contributed by atoms with Gasteiger partial charge >= 0.3 is 0 Å². The van der Waals surface area contributed by atoms with Crippen molar-refractivity contribution in [2.75, 3.05) is 0 Å². The van der Waals surface area contributed by atoms with Gasteiger partial charge in [0.05, 0.1) is 22.2 Å². The van der Waals surface area contributed by atoms with E-state index in [0.717, 1.165) is 11.3 Å². The van der Waals surface area contributed by atoms with Gasteiger partial charge in [0.25, 0.3) is 0 Å². The molecule has 0 unspecified atom stereocenters. The van der Waals surface area contributed by atoms with Gasteiger partial charge in [-0.2, -0.15) is 0 Å². The van der Waals surface area contributed by atoms with E-state index in [4.69, 9.17) is 0 Å². The number of rotatable bonds is 2. The quantitative estimate of drug-likeness (QED) is 0.296. The largest absolute Gasteiger partial charge is 0.308 e. The number of pyridine rings is 1. The van der Waals surface area contributed by atoms with Crippen molar-refractivity contribution in [3.05, 3.63) is 109 Å². The van der Waals surface area contributed by atoms with Crippen LogP contribution in [0.1, 0.15) is 0 Å². The number of hydrogen-bond donors (Lipinski definition) is 0. The van der Waals surface area contributed by atoms with Gasteiger partial charge in [-0.3, -0.25) is 4.98 Å². The van der Waals surface area contributed by atoms with Gasteiger partial charge in [0.1, 0.15) is 0 Å². The molecular formula is C29H18N2. The van der Waals surface area contributed by atoms with Gasteiger partial charge in [0.15, 0.2) is 0 Å². The first-order chi connectivity index (χ1) is 15.4. The van der Waals surface area contributed by atoms with Crippen molar-refractivity contribution in [2.45, 2.75) is 0 Å². The van der Waals surface area contributed by atoms with Crippen molar-refractivity contribution in [3.8, 4) is 22.4 Å². The molecule has 0 saturated carbocycles. The summed E-state index contributed by atoms with van der Waals surface area (Å²) in [6.45, 7) is 0. The monoisotopic (exact) mass is 394 g/mol. The average molecular weight is 394 g/mol. The highest BCUT2D eigenvalue weighted by atomic mass is 14.9. The molecule has 0 saturated heterocycles. The maximum absolute atomic E-state index is 4.48. The van der Waals surface area contributed by atoms with Gasteiger partial charge < -0.3 is 4.40 Å². The fourth-order valence-corrected chi connectivity index (χ4v) is 4.98. The van der Waals surface area contributed by atoms with Crippen molar-refractivity contribution in [2.24, 2.45) is 0 Å². The Morgan fingerprint density at radius 1 is 0.484 bits per heavy atom. The predicted molar refractivity (Wildman–Crippen MR) is 130 cm³/mol. The summed E-state index contributed by atoms with van der Waals surface area (Å²) in [7, 11) is 0. The first kappa shape index (κ1) is 16.6. The zero-order chi connectivity index (χ0) is 20.4. The Morgan fingerprint density at radius 2 is 1.06 bits per heavy atom. The third kappa shape index (κ3) is 2.30. The van der Waals surface area contributed by atoms with Crippen molar-refractivity contribution in [1.82, 2.24) is 9.38 Å². The van der Waals surface area contributed by atoms with Gasteiger partial charge in [0.2, 0.25) is 0 Å². The van der Waals surface area contributed by atoms with E-state index in [-0.39, 0.29) is 0 Å². The summed E-state index contributed by atoms with van der Waals surface area (Å²) >= 11 is 0. The summed E-state index contributed by atoms with van der Waals surface area (Å²) in [6, 6.07) is 36.9. The second-order valence-electron chi connectivity index (χ2n) is 8.08. The van der Waals surface area contributed by atoms with E-state index in [1.807, 2.05) is 24.4 Å². The molecule has 2 heteroatoms. The third-order valence-corrected chi connectivity index (χ3v) is 6.38. The molecule has 4 aromatic carbocycles. The first-order valence-corrected chi connectivity index (χ1v) is 10.6. The third-order valence-electron chi connectivity index (χ3n) is 6.38. The molecule has 0 amide bonds. The maximum Gasteiger partial charge on any atom is 0.0701 e. The fourth-order valence-electron chi connectivity index (χ4n) is 4.98. The number of fused-ring (bicyclic) bond motifs is 6. The summed E-state index contributed by atoms with van der Waals surface area (Å²) in [5, 5.41) is 5.24. The summed E-state index contributed by atoms with van der Waals surface area (Å²) in [5.41, 5.74) is 8.46. The molecule has 0 atom stereocenters. The van der Waals surface area contributed by atoms with Crippen molar-refractivity contribution in [3.63, 3.8) is 0 Å². The molecule has 7 rings (SSSR count). The van der Waals surface area contributed by atoms with Crippen LogP contribution in [0, 0.1) is 0 Å². The lowest BCUT2D eigenvalue weighted by molar-refractivity contribution is 1.33. The van der Waals surface area contributed by atoms with E-state index in [0.29, 0.717) is 0 Å². The van der Waals surface area contributed by atoms with E-state index in [9.17, 15) is 0 Å². The van der Waals surface area contributed by atoms with Crippen molar-refractivity contribution >= 4 is 38.1 Å². The zero-order valence-corrected chi connectivity index (χ0v) is 16.8. The van der Waals surface area contributed by atoms with Crippen molar-refractivity contribution < 1.29 is 0 Å². The standard InChI is InChI=1S/C29H18N2/c1-3-10-27-22(7-1)24-17-21(18-25-23-8-2-4-11-28(23)31(27)29(24)25)19-12-14-20(15-13-19)26-9-5-6-16-30-26/h1-18H. The SMILES string of the molecule is c1ccc(-c2ccc(-c3cc4c5ccccc5n5c6ccccc6c(c3)c45)cc2)nc1. The molecule has 0 aliphatic rings. The van der Waals surface area contributed by atoms with E-state index in [1.54, 1.807) is 0 Å². The highest BCUT2D eigenvalue weighted by Crippen LogP contribution is 2.41.